The van der Waals surface area contributed by atoms with Crippen LogP contribution >= 0.6 is 0 Å². The Morgan fingerprint density at radius 3 is 2.46 bits per heavy atom. The third-order valence-corrected chi connectivity index (χ3v) is 1.76. The van der Waals surface area contributed by atoms with Crippen LogP contribution in [0.4, 0.5) is 8.78 Å². The third-order valence-electron chi connectivity index (χ3n) is 1.76. The normalized spacial score (nSPS) is 34.4. The molecule has 0 bridgehead atoms. The maximum absolute atomic E-state index is 12.6. The Bertz CT molecular complexity index is 219. The number of hydrogen-bond donors (Lipinski definition) is 3. The maximum atomic E-state index is 12.6. The van der Waals surface area contributed by atoms with E-state index in [9.17, 15) is 13.6 Å². The van der Waals surface area contributed by atoms with Crippen molar-refractivity contribution < 1.29 is 33.6 Å². The number of aliphatic hydroxyl groups excluding tert-OH is 3. The van der Waals surface area contributed by atoms with Crippen molar-refractivity contribution in [3.8, 4) is 0 Å². The minimum absolute atomic E-state index is 0.870. The Morgan fingerprint density at radius 2 is 2.15 bits per heavy atom. The quantitative estimate of drug-likeness (QED) is 0.458. The van der Waals surface area contributed by atoms with Gasteiger partial charge in [0.15, 0.2) is 12.2 Å². The van der Waals surface area contributed by atoms with Crippen LogP contribution in [0.5, 0.6) is 0 Å². The predicted molar refractivity (Wildman–Crippen MR) is 33.9 cm³/mol. The molecular formula is C6H8F2O5. The van der Waals surface area contributed by atoms with Gasteiger partial charge >= 0.3 is 11.9 Å². The van der Waals surface area contributed by atoms with Gasteiger partial charge < -0.3 is 20.1 Å². The molecule has 0 saturated carbocycles. The summed E-state index contributed by atoms with van der Waals surface area (Å²) in [7, 11) is 0. The highest BCUT2D eigenvalue weighted by Crippen LogP contribution is 2.32. The van der Waals surface area contributed by atoms with E-state index < -0.39 is 36.8 Å². The molecule has 5 nitrogen and oxygen atoms in total. The number of cyclic esters (lactones) is 1. The number of hydrogen-bond acceptors (Lipinski definition) is 5. The summed E-state index contributed by atoms with van der Waals surface area (Å²) in [6, 6.07) is 0. The van der Waals surface area contributed by atoms with Gasteiger partial charge in [0.2, 0.25) is 0 Å². The van der Waals surface area contributed by atoms with E-state index in [0.717, 1.165) is 0 Å². The van der Waals surface area contributed by atoms with Gasteiger partial charge in [-0.15, -0.1) is 0 Å². The lowest BCUT2D eigenvalue weighted by Gasteiger charge is -2.17. The fourth-order valence-electron chi connectivity index (χ4n) is 0.987. The summed E-state index contributed by atoms with van der Waals surface area (Å²) >= 11 is 0. The summed E-state index contributed by atoms with van der Waals surface area (Å²) in [6.07, 6.45) is -5.89. The van der Waals surface area contributed by atoms with E-state index in [2.05, 4.69) is 4.74 Å². The largest absolute Gasteiger partial charge is 0.452 e. The lowest BCUT2D eigenvalue weighted by molar-refractivity contribution is -0.163. The molecule has 1 heterocycles. The van der Waals surface area contributed by atoms with Crippen LogP contribution < -0.4 is 0 Å². The van der Waals surface area contributed by atoms with E-state index in [-0.39, 0.29) is 0 Å². The second-order valence-electron chi connectivity index (χ2n) is 2.69. The molecule has 7 heteroatoms. The van der Waals surface area contributed by atoms with Crippen LogP contribution in [0.2, 0.25) is 0 Å². The van der Waals surface area contributed by atoms with Crippen LogP contribution in [0.1, 0.15) is 0 Å². The summed E-state index contributed by atoms with van der Waals surface area (Å²) < 4.78 is 29.1. The molecule has 0 aliphatic carbocycles. The fraction of sp³-hybridized carbons (Fsp3) is 0.833. The molecule has 0 radical (unpaired) electrons. The smallest absolute Gasteiger partial charge is 0.380 e. The van der Waals surface area contributed by atoms with Gasteiger partial charge in [-0.25, -0.2) is 4.79 Å². The van der Waals surface area contributed by atoms with Crippen molar-refractivity contribution in [2.24, 2.45) is 0 Å². The highest BCUT2D eigenvalue weighted by Gasteiger charge is 2.61. The molecule has 1 aliphatic heterocycles. The Balaban J connectivity index is 2.79. The Labute approximate surface area is 71.5 Å². The van der Waals surface area contributed by atoms with Gasteiger partial charge in [-0.2, -0.15) is 8.78 Å². The molecule has 76 valence electrons. The molecule has 1 rings (SSSR count). The molecule has 1 saturated heterocycles. The number of ether oxygens (including phenoxy) is 1. The minimum Gasteiger partial charge on any atom is -0.452 e. The maximum Gasteiger partial charge on any atom is 0.380 e. The number of alkyl halides is 2. The average molecular weight is 198 g/mol. The van der Waals surface area contributed by atoms with E-state index in [1.807, 2.05) is 0 Å². The molecule has 0 amide bonds. The van der Waals surface area contributed by atoms with Crippen LogP contribution in [0.25, 0.3) is 0 Å². The second kappa shape index (κ2) is 3.17. The summed E-state index contributed by atoms with van der Waals surface area (Å²) in [6.45, 7) is -0.870. The summed E-state index contributed by atoms with van der Waals surface area (Å²) in [4.78, 5) is 10.4. The Kier molecular flexibility index (Phi) is 2.51. The zero-order valence-corrected chi connectivity index (χ0v) is 6.35. The van der Waals surface area contributed by atoms with E-state index >= 15 is 0 Å². The number of aliphatic hydroxyl groups is 3. The monoisotopic (exact) mass is 198 g/mol. The minimum atomic E-state index is -4.01. The van der Waals surface area contributed by atoms with Crippen molar-refractivity contribution >= 4 is 5.97 Å². The summed E-state index contributed by atoms with van der Waals surface area (Å²) in [5, 5.41) is 26.1. The van der Waals surface area contributed by atoms with Crippen molar-refractivity contribution in [3.05, 3.63) is 0 Å². The number of carbonyl (C=O) groups excluding carboxylic acids is 1. The van der Waals surface area contributed by atoms with Gasteiger partial charge in [-0.1, -0.05) is 0 Å². The molecule has 1 aliphatic rings. The van der Waals surface area contributed by atoms with Gasteiger partial charge in [0.05, 0.1) is 6.61 Å². The van der Waals surface area contributed by atoms with E-state index in [1.54, 1.807) is 0 Å². The summed E-state index contributed by atoms with van der Waals surface area (Å²) in [5.74, 6) is -5.90. The van der Waals surface area contributed by atoms with Crippen molar-refractivity contribution in [3.63, 3.8) is 0 Å². The van der Waals surface area contributed by atoms with Crippen molar-refractivity contribution in [1.29, 1.82) is 0 Å². The van der Waals surface area contributed by atoms with Crippen LogP contribution in [0, 0.1) is 0 Å². The van der Waals surface area contributed by atoms with Gasteiger partial charge in [0, 0.05) is 0 Å². The standard InChI is InChI=1S/C6H8F2O5/c7-6(8)4(11)3(2(10)1-9)13-5(6)12/h2-4,9-11H,1H2/t2-,3+,4?/m0/s1. The van der Waals surface area contributed by atoms with Crippen LogP contribution in [-0.4, -0.2) is 52.1 Å². The van der Waals surface area contributed by atoms with Crippen LogP contribution in [0.15, 0.2) is 0 Å². The molecule has 3 N–H and O–H groups in total. The van der Waals surface area contributed by atoms with Gasteiger partial charge in [-0.05, 0) is 0 Å². The molecule has 1 fully saturated rings. The SMILES string of the molecule is O=C1O[C@H]([C@@H](O)CO)C(O)C1(F)F. The van der Waals surface area contributed by atoms with Gasteiger partial charge in [0.1, 0.15) is 6.10 Å². The topological polar surface area (TPSA) is 87.0 Å². The first-order chi connectivity index (χ1) is 5.91. The Morgan fingerprint density at radius 1 is 1.62 bits per heavy atom. The lowest BCUT2D eigenvalue weighted by atomic mass is 10.1. The highest BCUT2D eigenvalue weighted by atomic mass is 19.3. The summed E-state index contributed by atoms with van der Waals surface area (Å²) in [5.41, 5.74) is 0. The molecule has 13 heavy (non-hydrogen) atoms. The lowest BCUT2D eigenvalue weighted by Crippen LogP contribution is -2.43. The van der Waals surface area contributed by atoms with E-state index in [1.165, 1.54) is 0 Å². The molecule has 0 aromatic carbocycles. The first-order valence-corrected chi connectivity index (χ1v) is 3.47. The Hall–Kier alpha value is -0.790. The number of halogens is 2. The predicted octanol–water partition coefficient (Wildman–Crippen LogP) is -1.74. The first kappa shape index (κ1) is 10.3. The van der Waals surface area contributed by atoms with Crippen molar-refractivity contribution in [2.45, 2.75) is 24.2 Å². The van der Waals surface area contributed by atoms with E-state index in [0.29, 0.717) is 0 Å². The third kappa shape index (κ3) is 1.50. The van der Waals surface area contributed by atoms with Crippen LogP contribution in [0.3, 0.4) is 0 Å². The highest BCUT2D eigenvalue weighted by molar-refractivity contribution is 5.81. The molecule has 1 unspecified atom stereocenters. The number of esters is 1. The molecule has 3 atom stereocenters. The van der Waals surface area contributed by atoms with Gasteiger partial charge in [-0.3, -0.25) is 0 Å². The zero-order chi connectivity index (χ0) is 10.2. The fourth-order valence-corrected chi connectivity index (χ4v) is 0.987. The van der Waals surface area contributed by atoms with Crippen LogP contribution in [-0.2, 0) is 9.53 Å². The van der Waals surface area contributed by atoms with Crippen molar-refractivity contribution in [2.75, 3.05) is 6.61 Å². The van der Waals surface area contributed by atoms with Crippen molar-refractivity contribution in [1.82, 2.24) is 0 Å². The molecule has 0 aromatic heterocycles. The van der Waals surface area contributed by atoms with E-state index in [4.69, 9.17) is 15.3 Å². The molecule has 0 aromatic rings. The zero-order valence-electron chi connectivity index (χ0n) is 6.35. The number of carbonyl (C=O) groups is 1. The molecule has 0 spiro atoms. The van der Waals surface area contributed by atoms with Gasteiger partial charge in [0.25, 0.3) is 0 Å². The number of rotatable bonds is 2. The second-order valence-corrected chi connectivity index (χ2v) is 2.69. The molecular weight excluding hydrogens is 190 g/mol. The first-order valence-electron chi connectivity index (χ1n) is 3.47. The average Bonchev–Trinajstić information content (AvgIpc) is 2.28.